The molecular weight excluding hydrogens is 577 g/mol. The first kappa shape index (κ1) is 27.5. The van der Waals surface area contributed by atoms with E-state index in [0.717, 1.165) is 16.8 Å². The summed E-state index contributed by atoms with van der Waals surface area (Å²) in [6.07, 6.45) is 0. The van der Waals surface area contributed by atoms with Crippen LogP contribution >= 0.6 is 23.2 Å². The fraction of sp³-hybridized carbons (Fsp3) is 0.188. The number of nitrogens with zero attached hydrogens (tertiary/aromatic N) is 3. The van der Waals surface area contributed by atoms with Crippen molar-refractivity contribution in [3.05, 3.63) is 117 Å². The molecule has 0 aliphatic carbocycles. The Bertz CT molecular complexity index is 1700. The van der Waals surface area contributed by atoms with E-state index in [4.69, 9.17) is 23.2 Å². The van der Waals surface area contributed by atoms with Crippen LogP contribution in [0.15, 0.2) is 94.7 Å². The standard InChI is InChI=1S/C32H27Cl2N3O3S/c1-21-9-11-25(34)19-27(21)35-13-15-36(16-14-35)31(38)23-10-12-30-28(18-23)37(20-22-5-4-6-24(33)17-22)32(39)26-7-2-3-8-29(26)41(30)40/h2-12,17-19H,13-16,20H2,1H3/t41-/m1/s1. The maximum atomic E-state index is 13.9. The Balaban J connectivity index is 1.32. The number of anilines is 2. The van der Waals surface area contributed by atoms with Gasteiger partial charge in [-0.1, -0.05) is 53.5 Å². The minimum absolute atomic E-state index is 0.127. The van der Waals surface area contributed by atoms with Gasteiger partial charge in [0.05, 0.1) is 38.4 Å². The number of fused-ring (bicyclic) bond motifs is 2. The van der Waals surface area contributed by atoms with Crippen LogP contribution in [0.5, 0.6) is 0 Å². The number of hydrogen-bond acceptors (Lipinski definition) is 4. The van der Waals surface area contributed by atoms with Crippen LogP contribution in [-0.4, -0.2) is 47.1 Å². The highest BCUT2D eigenvalue weighted by Crippen LogP contribution is 2.36. The van der Waals surface area contributed by atoms with Gasteiger partial charge in [-0.25, -0.2) is 4.21 Å². The van der Waals surface area contributed by atoms with Gasteiger partial charge in [0.15, 0.2) is 0 Å². The van der Waals surface area contributed by atoms with Crippen molar-refractivity contribution in [1.29, 1.82) is 0 Å². The number of rotatable bonds is 4. The van der Waals surface area contributed by atoms with Crippen molar-refractivity contribution in [3.8, 4) is 0 Å². The van der Waals surface area contributed by atoms with E-state index in [1.165, 1.54) is 0 Å². The molecule has 2 aliphatic rings. The zero-order valence-corrected chi connectivity index (χ0v) is 24.7. The minimum atomic E-state index is -1.60. The van der Waals surface area contributed by atoms with Crippen LogP contribution < -0.4 is 9.80 Å². The van der Waals surface area contributed by atoms with Crippen LogP contribution in [0.1, 0.15) is 31.8 Å². The summed E-state index contributed by atoms with van der Waals surface area (Å²) in [7, 11) is -1.60. The monoisotopic (exact) mass is 603 g/mol. The summed E-state index contributed by atoms with van der Waals surface area (Å²) >= 11 is 12.5. The van der Waals surface area contributed by atoms with Crippen LogP contribution in [0.3, 0.4) is 0 Å². The molecule has 0 saturated carbocycles. The second-order valence-electron chi connectivity index (χ2n) is 10.2. The molecule has 0 radical (unpaired) electrons. The Morgan fingerprint density at radius 3 is 2.34 bits per heavy atom. The molecule has 0 N–H and O–H groups in total. The maximum absolute atomic E-state index is 13.9. The lowest BCUT2D eigenvalue weighted by molar-refractivity contribution is 0.0746. The number of halogens is 2. The van der Waals surface area contributed by atoms with Gasteiger partial charge in [-0.05, 0) is 72.6 Å². The molecule has 41 heavy (non-hydrogen) atoms. The molecule has 0 aromatic heterocycles. The van der Waals surface area contributed by atoms with E-state index in [0.29, 0.717) is 62.8 Å². The largest absolute Gasteiger partial charge is 0.368 e. The molecule has 1 saturated heterocycles. The van der Waals surface area contributed by atoms with Crippen molar-refractivity contribution in [1.82, 2.24) is 4.90 Å². The first-order valence-corrected chi connectivity index (χ1v) is 15.2. The van der Waals surface area contributed by atoms with Gasteiger partial charge in [0, 0.05) is 47.5 Å². The molecule has 208 valence electrons. The molecule has 6 nitrogen and oxygen atoms in total. The van der Waals surface area contributed by atoms with E-state index in [9.17, 15) is 13.8 Å². The predicted molar refractivity (Wildman–Crippen MR) is 164 cm³/mol. The minimum Gasteiger partial charge on any atom is -0.368 e. The average molecular weight is 605 g/mol. The summed E-state index contributed by atoms with van der Waals surface area (Å²) in [6.45, 7) is 4.71. The van der Waals surface area contributed by atoms with E-state index in [1.54, 1.807) is 59.5 Å². The summed E-state index contributed by atoms with van der Waals surface area (Å²) in [5.41, 5.74) is 4.33. The smallest absolute Gasteiger partial charge is 0.259 e. The molecule has 2 amide bonds. The predicted octanol–water partition coefficient (Wildman–Crippen LogP) is 6.59. The van der Waals surface area contributed by atoms with E-state index in [1.807, 2.05) is 35.2 Å². The Labute approximate surface area is 251 Å². The normalized spacial score (nSPS) is 16.7. The van der Waals surface area contributed by atoms with Gasteiger partial charge in [0.1, 0.15) is 0 Å². The Hall–Kier alpha value is -3.65. The summed E-state index contributed by atoms with van der Waals surface area (Å²) in [4.78, 5) is 34.2. The fourth-order valence-electron chi connectivity index (χ4n) is 5.43. The average Bonchev–Trinajstić information content (AvgIpc) is 3.07. The highest BCUT2D eigenvalue weighted by molar-refractivity contribution is 7.85. The molecule has 6 rings (SSSR count). The lowest BCUT2D eigenvalue weighted by Gasteiger charge is -2.37. The SMILES string of the molecule is Cc1ccc(Cl)cc1N1CCN(C(=O)c2ccc3c(c2)N(Cc2cccc(Cl)c2)C(=O)c2ccccc2[S@]3=O)CC1. The van der Waals surface area contributed by atoms with Gasteiger partial charge in [-0.2, -0.15) is 0 Å². The maximum Gasteiger partial charge on any atom is 0.259 e. The highest BCUT2D eigenvalue weighted by Gasteiger charge is 2.32. The van der Waals surface area contributed by atoms with E-state index < -0.39 is 10.8 Å². The van der Waals surface area contributed by atoms with Crippen molar-refractivity contribution < 1.29 is 13.8 Å². The number of aryl methyl sites for hydroxylation is 1. The third kappa shape index (κ3) is 5.37. The van der Waals surface area contributed by atoms with Crippen molar-refractivity contribution in [2.24, 2.45) is 0 Å². The number of carbonyl (C=O) groups excluding carboxylic acids is 2. The van der Waals surface area contributed by atoms with Gasteiger partial charge in [-0.3, -0.25) is 9.59 Å². The Kier molecular flexibility index (Phi) is 7.60. The van der Waals surface area contributed by atoms with Crippen molar-refractivity contribution >= 4 is 57.2 Å². The Morgan fingerprint density at radius 2 is 1.56 bits per heavy atom. The third-order valence-corrected chi connectivity index (χ3v) is 9.54. The topological polar surface area (TPSA) is 60.9 Å². The quantitative estimate of drug-likeness (QED) is 0.264. The summed E-state index contributed by atoms with van der Waals surface area (Å²) in [5, 5.41) is 1.25. The molecule has 0 unspecified atom stereocenters. The number of amides is 2. The molecule has 2 heterocycles. The van der Waals surface area contributed by atoms with Gasteiger partial charge < -0.3 is 14.7 Å². The van der Waals surface area contributed by atoms with E-state index in [-0.39, 0.29) is 18.4 Å². The zero-order valence-electron chi connectivity index (χ0n) is 22.3. The van der Waals surface area contributed by atoms with Crippen LogP contribution in [0.25, 0.3) is 0 Å². The van der Waals surface area contributed by atoms with E-state index in [2.05, 4.69) is 11.8 Å². The summed E-state index contributed by atoms with van der Waals surface area (Å²) in [6, 6.07) is 25.2. The molecule has 0 bridgehead atoms. The second-order valence-corrected chi connectivity index (χ2v) is 12.5. The van der Waals surface area contributed by atoms with Crippen molar-refractivity contribution in [3.63, 3.8) is 0 Å². The molecule has 4 aromatic rings. The molecule has 0 spiro atoms. The third-order valence-electron chi connectivity index (χ3n) is 7.57. The first-order chi connectivity index (χ1) is 19.8. The zero-order chi connectivity index (χ0) is 28.7. The van der Waals surface area contributed by atoms with Crippen LogP contribution in [-0.2, 0) is 17.3 Å². The molecule has 1 atom stereocenters. The fourth-order valence-corrected chi connectivity index (χ4v) is 7.15. The van der Waals surface area contributed by atoms with Gasteiger partial charge in [0.2, 0.25) is 0 Å². The van der Waals surface area contributed by atoms with Crippen LogP contribution in [0.2, 0.25) is 10.0 Å². The molecular formula is C32H27Cl2N3O3S. The lowest BCUT2D eigenvalue weighted by Crippen LogP contribution is -2.49. The first-order valence-electron chi connectivity index (χ1n) is 13.3. The number of carbonyl (C=O) groups is 2. The van der Waals surface area contributed by atoms with Crippen molar-refractivity contribution in [2.45, 2.75) is 23.3 Å². The van der Waals surface area contributed by atoms with Gasteiger partial charge in [-0.15, -0.1) is 0 Å². The van der Waals surface area contributed by atoms with Gasteiger partial charge >= 0.3 is 0 Å². The molecule has 9 heteroatoms. The van der Waals surface area contributed by atoms with Crippen LogP contribution in [0, 0.1) is 6.92 Å². The molecule has 2 aliphatic heterocycles. The number of benzene rings is 4. The van der Waals surface area contributed by atoms with Gasteiger partial charge in [0.25, 0.3) is 11.8 Å². The summed E-state index contributed by atoms with van der Waals surface area (Å²) in [5.74, 6) is -0.402. The van der Waals surface area contributed by atoms with E-state index >= 15 is 0 Å². The summed E-state index contributed by atoms with van der Waals surface area (Å²) < 4.78 is 13.7. The molecule has 1 fully saturated rings. The molecule has 4 aromatic carbocycles. The van der Waals surface area contributed by atoms with Crippen LogP contribution in [0.4, 0.5) is 11.4 Å². The Morgan fingerprint density at radius 1 is 0.805 bits per heavy atom. The second kappa shape index (κ2) is 11.3. The van der Waals surface area contributed by atoms with Crippen molar-refractivity contribution in [2.75, 3.05) is 36.0 Å². The highest BCUT2D eigenvalue weighted by atomic mass is 35.5. The number of piperazine rings is 1. The number of hydrogen-bond donors (Lipinski definition) is 0. The lowest BCUT2D eigenvalue weighted by atomic mass is 10.1.